The molecule has 1 heterocycles. The molecule has 3 aromatic rings. The van der Waals surface area contributed by atoms with Gasteiger partial charge in [-0.1, -0.05) is 91.0 Å². The lowest BCUT2D eigenvalue weighted by Crippen LogP contribution is -2.38. The number of ether oxygens (including phenoxy) is 2. The third-order valence-electron chi connectivity index (χ3n) is 5.74. The van der Waals surface area contributed by atoms with E-state index < -0.39 is 5.54 Å². The molecule has 0 N–H and O–H groups in total. The fourth-order valence-electron chi connectivity index (χ4n) is 4.49. The SMILES string of the molecule is CCOC(=O)[C@@]1(COC)[C@@H](c2ccccc2)N1C(c1ccccc1)c1ccccc1. The number of hydrogen-bond donors (Lipinski definition) is 0. The number of methoxy groups -OCH3 is 1. The highest BCUT2D eigenvalue weighted by molar-refractivity contribution is 5.87. The summed E-state index contributed by atoms with van der Waals surface area (Å²) in [6.07, 6.45) is 0. The van der Waals surface area contributed by atoms with Crippen molar-refractivity contribution in [2.45, 2.75) is 24.5 Å². The summed E-state index contributed by atoms with van der Waals surface area (Å²) < 4.78 is 11.2. The molecule has 3 aromatic carbocycles. The van der Waals surface area contributed by atoms with Crippen molar-refractivity contribution in [1.29, 1.82) is 0 Å². The molecule has 3 atom stereocenters. The van der Waals surface area contributed by atoms with Crippen molar-refractivity contribution in [3.63, 3.8) is 0 Å². The molecule has 4 nitrogen and oxygen atoms in total. The fraction of sp³-hybridized carbons (Fsp3) is 0.269. The Morgan fingerprint density at radius 3 is 1.87 bits per heavy atom. The van der Waals surface area contributed by atoms with E-state index in [1.807, 2.05) is 61.5 Å². The molecule has 0 radical (unpaired) electrons. The van der Waals surface area contributed by atoms with Crippen LogP contribution in [-0.2, 0) is 14.3 Å². The Bertz CT molecular complexity index is 922. The maximum atomic E-state index is 13.3. The first-order chi connectivity index (χ1) is 14.7. The van der Waals surface area contributed by atoms with Gasteiger partial charge in [0.1, 0.15) is 0 Å². The van der Waals surface area contributed by atoms with Crippen molar-refractivity contribution < 1.29 is 14.3 Å². The molecule has 1 saturated heterocycles. The van der Waals surface area contributed by atoms with Crippen molar-refractivity contribution in [1.82, 2.24) is 4.90 Å². The van der Waals surface area contributed by atoms with Gasteiger partial charge in [-0.15, -0.1) is 0 Å². The Labute approximate surface area is 178 Å². The van der Waals surface area contributed by atoms with Crippen molar-refractivity contribution in [3.05, 3.63) is 108 Å². The van der Waals surface area contributed by atoms with Crippen LogP contribution >= 0.6 is 0 Å². The van der Waals surface area contributed by atoms with Crippen LogP contribution in [0.4, 0.5) is 0 Å². The molecule has 154 valence electrons. The zero-order valence-corrected chi connectivity index (χ0v) is 17.4. The van der Waals surface area contributed by atoms with Gasteiger partial charge in [-0.05, 0) is 23.6 Å². The number of carbonyl (C=O) groups excluding carboxylic acids is 1. The summed E-state index contributed by atoms with van der Waals surface area (Å²) in [5.41, 5.74) is 2.47. The van der Waals surface area contributed by atoms with Crippen molar-refractivity contribution >= 4 is 5.97 Å². The van der Waals surface area contributed by atoms with Gasteiger partial charge in [-0.2, -0.15) is 0 Å². The molecule has 0 saturated carbocycles. The van der Waals surface area contributed by atoms with Crippen molar-refractivity contribution in [2.75, 3.05) is 20.3 Å². The van der Waals surface area contributed by atoms with Gasteiger partial charge in [-0.3, -0.25) is 4.90 Å². The number of esters is 1. The maximum absolute atomic E-state index is 13.3. The molecule has 4 heteroatoms. The van der Waals surface area contributed by atoms with E-state index in [1.165, 1.54) is 0 Å². The van der Waals surface area contributed by atoms with Crippen LogP contribution in [0, 0.1) is 0 Å². The van der Waals surface area contributed by atoms with Crippen molar-refractivity contribution in [2.24, 2.45) is 0 Å². The molecule has 1 unspecified atom stereocenters. The van der Waals surface area contributed by atoms with Crippen LogP contribution in [0.15, 0.2) is 91.0 Å². The minimum atomic E-state index is -0.873. The minimum absolute atomic E-state index is 0.0998. The van der Waals surface area contributed by atoms with Gasteiger partial charge in [0, 0.05) is 7.11 Å². The molecule has 4 rings (SSSR count). The summed E-state index contributed by atoms with van der Waals surface area (Å²) in [7, 11) is 1.64. The lowest BCUT2D eigenvalue weighted by atomic mass is 9.97. The molecule has 0 aliphatic carbocycles. The first-order valence-electron chi connectivity index (χ1n) is 10.3. The molecule has 1 fully saturated rings. The molecule has 0 bridgehead atoms. The topological polar surface area (TPSA) is 38.5 Å². The molecular weight excluding hydrogens is 374 g/mol. The predicted molar refractivity (Wildman–Crippen MR) is 117 cm³/mol. The second-order valence-corrected chi connectivity index (χ2v) is 7.52. The fourth-order valence-corrected chi connectivity index (χ4v) is 4.49. The third-order valence-corrected chi connectivity index (χ3v) is 5.74. The summed E-state index contributed by atoms with van der Waals surface area (Å²) in [5.74, 6) is -0.238. The van der Waals surface area contributed by atoms with E-state index in [-0.39, 0.29) is 24.7 Å². The van der Waals surface area contributed by atoms with Gasteiger partial charge in [0.25, 0.3) is 0 Å². The highest BCUT2D eigenvalue weighted by atomic mass is 16.5. The summed E-state index contributed by atoms with van der Waals surface area (Å²) in [4.78, 5) is 15.6. The Morgan fingerprint density at radius 1 is 0.900 bits per heavy atom. The van der Waals surface area contributed by atoms with Gasteiger partial charge >= 0.3 is 5.97 Å². The number of nitrogens with zero attached hydrogens (tertiary/aromatic N) is 1. The maximum Gasteiger partial charge on any atom is 0.331 e. The Balaban J connectivity index is 1.87. The van der Waals surface area contributed by atoms with Gasteiger partial charge in [0.05, 0.1) is 25.3 Å². The summed E-state index contributed by atoms with van der Waals surface area (Å²) in [6, 6.07) is 30.5. The predicted octanol–water partition coefficient (Wildman–Crippen LogP) is 4.78. The van der Waals surface area contributed by atoms with Crippen LogP contribution < -0.4 is 0 Å². The molecule has 0 spiro atoms. The average molecular weight is 402 g/mol. The first-order valence-corrected chi connectivity index (χ1v) is 10.3. The van der Waals surface area contributed by atoms with Crippen LogP contribution in [0.5, 0.6) is 0 Å². The second-order valence-electron chi connectivity index (χ2n) is 7.52. The molecule has 0 amide bonds. The van der Waals surface area contributed by atoms with E-state index in [1.54, 1.807) is 7.11 Å². The Hall–Kier alpha value is -2.95. The van der Waals surface area contributed by atoms with E-state index >= 15 is 0 Å². The van der Waals surface area contributed by atoms with Crippen molar-refractivity contribution in [3.8, 4) is 0 Å². The van der Waals surface area contributed by atoms with Gasteiger partial charge in [-0.25, -0.2) is 4.79 Å². The van der Waals surface area contributed by atoms with Crippen LogP contribution in [0.25, 0.3) is 0 Å². The smallest absolute Gasteiger partial charge is 0.331 e. The van der Waals surface area contributed by atoms with E-state index in [9.17, 15) is 4.79 Å². The van der Waals surface area contributed by atoms with E-state index in [4.69, 9.17) is 9.47 Å². The standard InChI is InChI=1S/C26H27NO3/c1-3-30-25(28)26(19-29-2)24(22-17-11-6-12-18-22)27(26)23(20-13-7-4-8-14-20)21-15-9-5-10-16-21/h4-18,23-24H,3,19H2,1-2H3/t24-,26-,27?/m1/s1. The summed E-state index contributed by atoms with van der Waals surface area (Å²) >= 11 is 0. The molecular formula is C26H27NO3. The quantitative estimate of drug-likeness (QED) is 0.402. The number of benzene rings is 3. The monoisotopic (exact) mass is 401 g/mol. The van der Waals surface area contributed by atoms with Crippen LogP contribution in [-0.4, -0.2) is 36.7 Å². The van der Waals surface area contributed by atoms with Crippen LogP contribution in [0.2, 0.25) is 0 Å². The van der Waals surface area contributed by atoms with Crippen LogP contribution in [0.1, 0.15) is 35.7 Å². The highest BCUT2D eigenvalue weighted by Gasteiger charge is 2.71. The molecule has 1 aliphatic rings. The normalized spacial score (nSPS) is 22.6. The van der Waals surface area contributed by atoms with E-state index in [0.717, 1.165) is 16.7 Å². The summed E-state index contributed by atoms with van der Waals surface area (Å²) in [5, 5.41) is 0. The van der Waals surface area contributed by atoms with Crippen LogP contribution in [0.3, 0.4) is 0 Å². The molecule has 0 aromatic heterocycles. The largest absolute Gasteiger partial charge is 0.464 e. The number of rotatable bonds is 8. The van der Waals surface area contributed by atoms with E-state index in [2.05, 4.69) is 41.3 Å². The number of carbonyl (C=O) groups is 1. The van der Waals surface area contributed by atoms with Gasteiger partial charge < -0.3 is 9.47 Å². The Kier molecular flexibility index (Phi) is 5.98. The zero-order valence-electron chi connectivity index (χ0n) is 17.4. The lowest BCUT2D eigenvalue weighted by molar-refractivity contribution is -0.149. The van der Waals surface area contributed by atoms with Gasteiger partial charge in [0.2, 0.25) is 0 Å². The minimum Gasteiger partial charge on any atom is -0.464 e. The summed E-state index contributed by atoms with van der Waals surface area (Å²) in [6.45, 7) is 2.44. The number of hydrogen-bond acceptors (Lipinski definition) is 4. The molecule has 30 heavy (non-hydrogen) atoms. The second kappa shape index (κ2) is 8.82. The van der Waals surface area contributed by atoms with Gasteiger partial charge in [0.15, 0.2) is 5.54 Å². The molecule has 1 aliphatic heterocycles. The lowest BCUT2D eigenvalue weighted by Gasteiger charge is -2.24. The Morgan fingerprint density at radius 2 is 1.40 bits per heavy atom. The highest BCUT2D eigenvalue weighted by Crippen LogP contribution is 2.60. The van der Waals surface area contributed by atoms with E-state index in [0.29, 0.717) is 6.61 Å². The first kappa shape index (κ1) is 20.3. The average Bonchev–Trinajstić information content (AvgIpc) is 3.45. The zero-order chi connectivity index (χ0) is 21.0. The third kappa shape index (κ3) is 3.53.